The summed E-state index contributed by atoms with van der Waals surface area (Å²) in [5.74, 6) is -0.103. The van der Waals surface area contributed by atoms with E-state index in [1.165, 1.54) is 42.9 Å². The number of ether oxygens (including phenoxy) is 2. The second-order valence-electron chi connectivity index (χ2n) is 9.91. The number of aryl methyl sites for hydroxylation is 2. The molecule has 1 aliphatic heterocycles. The van der Waals surface area contributed by atoms with E-state index in [-0.39, 0.29) is 34.6 Å². The second kappa shape index (κ2) is 11.5. The fourth-order valence-electron chi connectivity index (χ4n) is 4.67. The van der Waals surface area contributed by atoms with Gasteiger partial charge >= 0.3 is 11.3 Å². The number of nitrogens with one attached hydrogen (secondary N) is 2. The standard InChI is InChI=1S/C26H29N5O11/c1-30-21-17(23(37)31(2)26(30)39)28-16(29-21)4-3-7-27-22(36)13-8-11-5-6-12(9-14(11)41-24(13)38)40-25-20(35)19(34)18(33)15(10-32)42-25/h5-6,8-9,15,18-20,25,32-35H,3-4,7,10H2,1-2H3,(H,27,36)(H,28,29)/t15-,18+,19+,20+,25-/m1/s1. The van der Waals surface area contributed by atoms with Crippen LogP contribution in [-0.4, -0.2) is 89.3 Å². The van der Waals surface area contributed by atoms with Crippen molar-refractivity contribution in [1.29, 1.82) is 0 Å². The largest absolute Gasteiger partial charge is 0.462 e. The first kappa shape index (κ1) is 29.2. The van der Waals surface area contributed by atoms with Crippen LogP contribution in [0.4, 0.5) is 0 Å². The summed E-state index contributed by atoms with van der Waals surface area (Å²) in [5.41, 5.74) is -1.61. The molecule has 1 fully saturated rings. The van der Waals surface area contributed by atoms with E-state index in [1.54, 1.807) is 0 Å². The van der Waals surface area contributed by atoms with Gasteiger partial charge in [0.05, 0.1) is 6.61 Å². The van der Waals surface area contributed by atoms with Gasteiger partial charge in [0, 0.05) is 38.5 Å². The number of aliphatic hydroxyl groups is 4. The van der Waals surface area contributed by atoms with Crippen molar-refractivity contribution >= 4 is 28.0 Å². The number of H-pyrrole nitrogens is 1. The molecule has 0 unspecified atom stereocenters. The molecule has 42 heavy (non-hydrogen) atoms. The van der Waals surface area contributed by atoms with Gasteiger partial charge in [0.2, 0.25) is 6.29 Å². The molecule has 0 aliphatic carbocycles. The smallest absolute Gasteiger partial charge is 0.349 e. The number of hydrogen-bond acceptors (Lipinski definition) is 12. The molecule has 3 aromatic heterocycles. The van der Waals surface area contributed by atoms with Crippen LogP contribution >= 0.6 is 0 Å². The summed E-state index contributed by atoms with van der Waals surface area (Å²) in [6, 6.07) is 5.65. The van der Waals surface area contributed by atoms with Crippen LogP contribution in [0.1, 0.15) is 22.6 Å². The van der Waals surface area contributed by atoms with E-state index in [1.807, 2.05) is 0 Å². The summed E-state index contributed by atoms with van der Waals surface area (Å²) in [5, 5.41) is 42.4. The maximum Gasteiger partial charge on any atom is 0.349 e. The number of imidazole rings is 1. The predicted molar refractivity (Wildman–Crippen MR) is 144 cm³/mol. The number of aliphatic hydroxyl groups excluding tert-OH is 4. The van der Waals surface area contributed by atoms with Crippen LogP contribution in [0, 0.1) is 0 Å². The van der Waals surface area contributed by atoms with Gasteiger partial charge in [0.25, 0.3) is 11.5 Å². The molecule has 1 aromatic carbocycles. The number of aromatic nitrogens is 4. The molecule has 0 bridgehead atoms. The predicted octanol–water partition coefficient (Wildman–Crippen LogP) is -2.39. The lowest BCUT2D eigenvalue weighted by Gasteiger charge is -2.39. The summed E-state index contributed by atoms with van der Waals surface area (Å²) in [4.78, 5) is 56.9. The number of rotatable bonds is 8. The topological polar surface area (TPSA) is 231 Å². The highest BCUT2D eigenvalue weighted by atomic mass is 16.7. The Morgan fingerprint density at radius 2 is 1.86 bits per heavy atom. The lowest BCUT2D eigenvalue weighted by Crippen LogP contribution is -2.60. The van der Waals surface area contributed by atoms with Gasteiger partial charge in [0.1, 0.15) is 52.7 Å². The fourth-order valence-corrected chi connectivity index (χ4v) is 4.67. The Bertz CT molecular complexity index is 1820. The van der Waals surface area contributed by atoms with Crippen molar-refractivity contribution in [2.75, 3.05) is 13.2 Å². The number of fused-ring (bicyclic) bond motifs is 2. The van der Waals surface area contributed by atoms with E-state index < -0.39 is 60.1 Å². The number of carbonyl (C=O) groups excluding carboxylic acids is 1. The third kappa shape index (κ3) is 5.33. The number of aromatic amines is 1. The molecular formula is C26H29N5O11. The van der Waals surface area contributed by atoms with Crippen LogP contribution < -0.4 is 26.9 Å². The average Bonchev–Trinajstić information content (AvgIpc) is 3.41. The summed E-state index contributed by atoms with van der Waals surface area (Å²) in [6.45, 7) is -0.443. The molecule has 1 amide bonds. The quantitative estimate of drug-likeness (QED) is 0.0936. The first-order chi connectivity index (χ1) is 20.0. The van der Waals surface area contributed by atoms with Crippen molar-refractivity contribution in [2.45, 2.75) is 43.5 Å². The molecule has 4 heterocycles. The van der Waals surface area contributed by atoms with E-state index in [0.717, 1.165) is 4.57 Å². The first-order valence-electron chi connectivity index (χ1n) is 13.0. The van der Waals surface area contributed by atoms with Gasteiger partial charge in [-0.1, -0.05) is 0 Å². The molecule has 0 saturated carbocycles. The molecule has 5 atom stereocenters. The zero-order valence-corrected chi connectivity index (χ0v) is 22.5. The highest BCUT2D eigenvalue weighted by molar-refractivity contribution is 5.96. The Balaban J connectivity index is 1.22. The average molecular weight is 588 g/mol. The summed E-state index contributed by atoms with van der Waals surface area (Å²) >= 11 is 0. The molecule has 4 aromatic rings. The fraction of sp³-hybridized carbons (Fsp3) is 0.423. The minimum absolute atomic E-state index is 0.0732. The molecule has 1 aliphatic rings. The molecule has 0 radical (unpaired) electrons. The van der Waals surface area contributed by atoms with Crippen molar-refractivity contribution < 1.29 is 39.1 Å². The third-order valence-corrected chi connectivity index (χ3v) is 7.07. The summed E-state index contributed by atoms with van der Waals surface area (Å²) in [7, 11) is 2.89. The van der Waals surface area contributed by atoms with Gasteiger partial charge in [0.15, 0.2) is 5.65 Å². The van der Waals surface area contributed by atoms with Crippen molar-refractivity contribution in [2.24, 2.45) is 14.1 Å². The number of nitrogens with zero attached hydrogens (tertiary/aromatic N) is 3. The van der Waals surface area contributed by atoms with Gasteiger partial charge in [-0.05, 0) is 24.6 Å². The van der Waals surface area contributed by atoms with Crippen molar-refractivity contribution in [3.05, 3.63) is 66.9 Å². The van der Waals surface area contributed by atoms with Gasteiger partial charge < -0.3 is 44.6 Å². The van der Waals surface area contributed by atoms with Gasteiger partial charge in [-0.3, -0.25) is 18.7 Å². The molecule has 0 spiro atoms. The molecule has 5 rings (SSSR count). The van der Waals surface area contributed by atoms with Crippen molar-refractivity contribution in [3.63, 3.8) is 0 Å². The SMILES string of the molecule is Cn1c(=O)c2[nH]c(CCCNC(=O)c3cc4ccc(O[C@@H]5O[C@H](CO)[C@H](O)[C@H](O)[C@@H]5O)cc4oc3=O)nc2n(C)c1=O. The zero-order valence-electron chi connectivity index (χ0n) is 22.5. The molecule has 224 valence electrons. The Hall–Kier alpha value is -4.35. The van der Waals surface area contributed by atoms with E-state index in [9.17, 15) is 39.6 Å². The van der Waals surface area contributed by atoms with Crippen molar-refractivity contribution in [3.8, 4) is 5.75 Å². The van der Waals surface area contributed by atoms with E-state index in [0.29, 0.717) is 24.1 Å². The minimum atomic E-state index is -1.62. The second-order valence-corrected chi connectivity index (χ2v) is 9.91. The Kier molecular flexibility index (Phi) is 7.98. The van der Waals surface area contributed by atoms with Crippen molar-refractivity contribution in [1.82, 2.24) is 24.4 Å². The van der Waals surface area contributed by atoms with Crippen LogP contribution in [0.5, 0.6) is 5.75 Å². The van der Waals surface area contributed by atoms with Crippen LogP contribution in [0.15, 0.2) is 43.1 Å². The number of hydrogen-bond donors (Lipinski definition) is 6. The first-order valence-corrected chi connectivity index (χ1v) is 13.0. The van der Waals surface area contributed by atoms with Gasteiger partial charge in [-0.15, -0.1) is 0 Å². The van der Waals surface area contributed by atoms with Crippen LogP contribution in [-0.2, 0) is 25.3 Å². The molecule has 16 nitrogen and oxygen atoms in total. The number of amides is 1. The molecule has 16 heteroatoms. The highest BCUT2D eigenvalue weighted by Crippen LogP contribution is 2.26. The molecule has 6 N–H and O–H groups in total. The van der Waals surface area contributed by atoms with Crippen LogP contribution in [0.3, 0.4) is 0 Å². The lowest BCUT2D eigenvalue weighted by molar-refractivity contribution is -0.277. The summed E-state index contributed by atoms with van der Waals surface area (Å²) in [6.07, 6.45) is -6.59. The van der Waals surface area contributed by atoms with Crippen LogP contribution in [0.2, 0.25) is 0 Å². The maximum atomic E-state index is 12.7. The normalized spacial score (nSPS) is 22.5. The highest BCUT2D eigenvalue weighted by Gasteiger charge is 2.44. The Morgan fingerprint density at radius 1 is 1.10 bits per heavy atom. The number of benzene rings is 1. The zero-order chi connectivity index (χ0) is 30.3. The van der Waals surface area contributed by atoms with E-state index in [2.05, 4.69) is 15.3 Å². The van der Waals surface area contributed by atoms with E-state index >= 15 is 0 Å². The van der Waals surface area contributed by atoms with E-state index in [4.69, 9.17) is 13.9 Å². The van der Waals surface area contributed by atoms with Gasteiger partial charge in [-0.25, -0.2) is 14.6 Å². The Morgan fingerprint density at radius 3 is 2.60 bits per heavy atom. The van der Waals surface area contributed by atoms with Crippen LogP contribution in [0.25, 0.3) is 22.1 Å². The maximum absolute atomic E-state index is 12.7. The minimum Gasteiger partial charge on any atom is -0.462 e. The molecule has 1 saturated heterocycles. The summed E-state index contributed by atoms with van der Waals surface area (Å²) < 4.78 is 18.4. The molecular weight excluding hydrogens is 558 g/mol. The monoisotopic (exact) mass is 587 g/mol. The van der Waals surface area contributed by atoms with Gasteiger partial charge in [-0.2, -0.15) is 0 Å². The lowest BCUT2D eigenvalue weighted by atomic mass is 9.99. The number of carbonyl (C=O) groups is 1. The Labute approximate surface area is 235 Å². The third-order valence-electron chi connectivity index (χ3n) is 7.07.